The summed E-state index contributed by atoms with van der Waals surface area (Å²) in [5, 5.41) is 9.27. The van der Waals surface area contributed by atoms with Crippen LogP contribution in [0.3, 0.4) is 0 Å². The van der Waals surface area contributed by atoms with Crippen molar-refractivity contribution in [2.75, 3.05) is 0 Å². The lowest BCUT2D eigenvalue weighted by Crippen LogP contribution is -2.46. The lowest BCUT2D eigenvalue weighted by molar-refractivity contribution is -0.0268. The van der Waals surface area contributed by atoms with Gasteiger partial charge in [0.25, 0.3) is 0 Å². The average molecular weight is 332 g/mol. The molecule has 8 bridgehead atoms. The van der Waals surface area contributed by atoms with Gasteiger partial charge in [0.05, 0.1) is 6.07 Å². The van der Waals surface area contributed by atoms with E-state index in [1.807, 2.05) is 0 Å². The summed E-state index contributed by atoms with van der Waals surface area (Å²) in [6.07, 6.45) is 13.8. The number of rotatable bonds is 1. The highest BCUT2D eigenvalue weighted by molar-refractivity contribution is 5.27. The summed E-state index contributed by atoms with van der Waals surface area (Å²) in [6.45, 7) is 0. The summed E-state index contributed by atoms with van der Waals surface area (Å²) in [4.78, 5) is 0. The molecule has 0 saturated heterocycles. The SMILES string of the molecule is N#CCC1CC2CC1C1C3CC(C21)C1C2CC(C4C5C=CC(C5)C24)C31. The Morgan fingerprint density at radius 3 is 1.92 bits per heavy atom. The Bertz CT molecular complexity index is 731. The Balaban J connectivity index is 1.18. The minimum atomic E-state index is 0.783. The number of nitrogens with zero attached hydrogens (tertiary/aromatic N) is 1. The van der Waals surface area contributed by atoms with Gasteiger partial charge in [-0.3, -0.25) is 0 Å². The second-order valence-electron chi connectivity index (χ2n) is 11.6. The van der Waals surface area contributed by atoms with E-state index in [4.69, 9.17) is 0 Å². The molecular formula is C24H29N. The third-order valence-electron chi connectivity index (χ3n) is 11.7. The normalized spacial score (nSPS) is 71.6. The van der Waals surface area contributed by atoms with Crippen molar-refractivity contribution in [2.24, 2.45) is 88.8 Å². The van der Waals surface area contributed by atoms with Crippen molar-refractivity contribution in [3.05, 3.63) is 12.2 Å². The zero-order chi connectivity index (χ0) is 16.0. The van der Waals surface area contributed by atoms with Gasteiger partial charge in [-0.05, 0) is 121 Å². The summed E-state index contributed by atoms with van der Waals surface area (Å²) in [5.74, 6) is 15.9. The lowest BCUT2D eigenvalue weighted by atomic mass is 9.54. The van der Waals surface area contributed by atoms with Gasteiger partial charge in [-0.1, -0.05) is 12.2 Å². The molecule has 15 atom stereocenters. The van der Waals surface area contributed by atoms with Crippen LogP contribution in [0.2, 0.25) is 0 Å². The van der Waals surface area contributed by atoms with E-state index in [2.05, 4.69) is 18.2 Å². The Labute approximate surface area is 151 Å². The second kappa shape index (κ2) is 4.05. The maximum absolute atomic E-state index is 9.27. The van der Waals surface area contributed by atoms with Crippen LogP contribution in [0, 0.1) is 100 Å². The number of hydrogen-bond donors (Lipinski definition) is 0. The molecule has 7 saturated carbocycles. The third kappa shape index (κ3) is 1.26. The molecule has 0 amide bonds. The van der Waals surface area contributed by atoms with Gasteiger partial charge in [-0.2, -0.15) is 5.26 Å². The molecule has 0 heterocycles. The summed E-state index contributed by atoms with van der Waals surface area (Å²) in [6, 6.07) is 2.53. The van der Waals surface area contributed by atoms with Crippen LogP contribution >= 0.6 is 0 Å². The number of fused-ring (bicyclic) bond motifs is 23. The van der Waals surface area contributed by atoms with E-state index in [0.717, 1.165) is 95.2 Å². The largest absolute Gasteiger partial charge is 0.198 e. The molecule has 0 N–H and O–H groups in total. The van der Waals surface area contributed by atoms with E-state index in [9.17, 15) is 5.26 Å². The van der Waals surface area contributed by atoms with Gasteiger partial charge in [0.1, 0.15) is 0 Å². The molecular weight excluding hydrogens is 302 g/mol. The van der Waals surface area contributed by atoms with Crippen molar-refractivity contribution >= 4 is 0 Å². The van der Waals surface area contributed by atoms with Gasteiger partial charge < -0.3 is 0 Å². The molecule has 7 fully saturated rings. The van der Waals surface area contributed by atoms with Crippen LogP contribution in [0.25, 0.3) is 0 Å². The third-order valence-corrected chi connectivity index (χ3v) is 11.7. The summed E-state index contributed by atoms with van der Waals surface area (Å²) < 4.78 is 0. The van der Waals surface area contributed by atoms with E-state index in [1.54, 1.807) is 12.8 Å². The minimum absolute atomic E-state index is 0.783. The molecule has 15 unspecified atom stereocenters. The lowest BCUT2D eigenvalue weighted by Gasteiger charge is -2.50. The first-order chi connectivity index (χ1) is 12.3. The summed E-state index contributed by atoms with van der Waals surface area (Å²) in [5.41, 5.74) is 0. The van der Waals surface area contributed by atoms with E-state index in [0.29, 0.717) is 0 Å². The Hall–Kier alpha value is -0.770. The maximum Gasteiger partial charge on any atom is 0.0624 e. The van der Waals surface area contributed by atoms with Gasteiger partial charge in [-0.25, -0.2) is 0 Å². The Morgan fingerprint density at radius 1 is 0.640 bits per heavy atom. The predicted octanol–water partition coefficient (Wildman–Crippen LogP) is 4.76. The first-order valence-electron chi connectivity index (χ1n) is 11.4. The minimum Gasteiger partial charge on any atom is -0.198 e. The van der Waals surface area contributed by atoms with Crippen LogP contribution in [-0.2, 0) is 0 Å². The predicted molar refractivity (Wildman–Crippen MR) is 94.8 cm³/mol. The first-order valence-corrected chi connectivity index (χ1v) is 11.4. The fraction of sp³-hybridized carbons (Fsp3) is 0.875. The molecule has 8 aliphatic carbocycles. The molecule has 0 aromatic heterocycles. The van der Waals surface area contributed by atoms with Crippen LogP contribution in [0.4, 0.5) is 0 Å². The molecule has 25 heavy (non-hydrogen) atoms. The van der Waals surface area contributed by atoms with E-state index >= 15 is 0 Å². The van der Waals surface area contributed by atoms with E-state index < -0.39 is 0 Å². The zero-order valence-corrected chi connectivity index (χ0v) is 15.0. The smallest absolute Gasteiger partial charge is 0.0624 e. The molecule has 1 heteroatoms. The fourth-order valence-electron chi connectivity index (χ4n) is 12.0. The van der Waals surface area contributed by atoms with Crippen LogP contribution in [0.15, 0.2) is 12.2 Å². The van der Waals surface area contributed by atoms with Gasteiger partial charge in [0.2, 0.25) is 0 Å². The molecule has 130 valence electrons. The quantitative estimate of drug-likeness (QED) is 0.502. The zero-order valence-electron chi connectivity index (χ0n) is 15.0. The van der Waals surface area contributed by atoms with Gasteiger partial charge in [-0.15, -0.1) is 0 Å². The molecule has 0 aromatic carbocycles. The van der Waals surface area contributed by atoms with Crippen LogP contribution in [0.1, 0.15) is 38.5 Å². The average Bonchev–Trinajstić information content (AvgIpc) is 3.46. The highest BCUT2D eigenvalue weighted by atomic mass is 14.8. The summed E-state index contributed by atoms with van der Waals surface area (Å²) >= 11 is 0. The molecule has 0 aromatic rings. The van der Waals surface area contributed by atoms with E-state index in [-0.39, 0.29) is 0 Å². The van der Waals surface area contributed by atoms with Crippen molar-refractivity contribution in [2.45, 2.75) is 38.5 Å². The van der Waals surface area contributed by atoms with Crippen molar-refractivity contribution in [3.8, 4) is 6.07 Å². The number of hydrogen-bond acceptors (Lipinski definition) is 1. The monoisotopic (exact) mass is 331 g/mol. The highest BCUT2D eigenvalue weighted by Gasteiger charge is 2.75. The molecule has 0 spiro atoms. The van der Waals surface area contributed by atoms with E-state index in [1.165, 1.54) is 19.3 Å². The van der Waals surface area contributed by atoms with Gasteiger partial charge in [0.15, 0.2) is 0 Å². The highest BCUT2D eigenvalue weighted by Crippen LogP contribution is 2.81. The Kier molecular flexibility index (Phi) is 2.17. The fourth-order valence-corrected chi connectivity index (χ4v) is 12.0. The van der Waals surface area contributed by atoms with Crippen molar-refractivity contribution in [1.29, 1.82) is 5.26 Å². The van der Waals surface area contributed by atoms with Gasteiger partial charge in [0, 0.05) is 6.42 Å². The summed E-state index contributed by atoms with van der Waals surface area (Å²) in [7, 11) is 0. The topological polar surface area (TPSA) is 23.8 Å². The number of allylic oxidation sites excluding steroid dienone is 2. The molecule has 0 radical (unpaired) electrons. The maximum atomic E-state index is 9.27. The van der Waals surface area contributed by atoms with Crippen molar-refractivity contribution < 1.29 is 0 Å². The molecule has 8 aliphatic rings. The van der Waals surface area contributed by atoms with Gasteiger partial charge >= 0.3 is 0 Å². The van der Waals surface area contributed by atoms with Crippen LogP contribution < -0.4 is 0 Å². The Morgan fingerprint density at radius 2 is 1.24 bits per heavy atom. The second-order valence-corrected chi connectivity index (χ2v) is 11.6. The van der Waals surface area contributed by atoms with Crippen molar-refractivity contribution in [3.63, 3.8) is 0 Å². The molecule has 1 nitrogen and oxygen atoms in total. The molecule has 0 aliphatic heterocycles. The van der Waals surface area contributed by atoms with Crippen molar-refractivity contribution in [1.82, 2.24) is 0 Å². The van der Waals surface area contributed by atoms with Crippen LogP contribution in [-0.4, -0.2) is 0 Å². The standard InChI is InChI=1S/C24H29N/c25-4-3-10-5-13-7-14(10)22-18-9-17(21(13)22)23-15-8-16(24(18)23)20-12-2-1-11(6-12)19(15)20/h1-2,10-24H,3,5-9H2. The number of nitriles is 1. The first kappa shape index (κ1) is 13.4. The van der Waals surface area contributed by atoms with Crippen LogP contribution in [0.5, 0.6) is 0 Å². The molecule has 8 rings (SSSR count).